The Hall–Kier alpha value is -2.05. The lowest BCUT2D eigenvalue weighted by Gasteiger charge is -2.05. The van der Waals surface area contributed by atoms with E-state index in [2.05, 4.69) is 22.5 Å². The van der Waals surface area contributed by atoms with Crippen LogP contribution in [-0.2, 0) is 17.1 Å². The summed E-state index contributed by atoms with van der Waals surface area (Å²) in [5.41, 5.74) is 2.24. The van der Waals surface area contributed by atoms with Gasteiger partial charge in [-0.2, -0.15) is 5.10 Å². The zero-order chi connectivity index (χ0) is 15.9. The summed E-state index contributed by atoms with van der Waals surface area (Å²) in [6.07, 6.45) is 3.68. The van der Waals surface area contributed by atoms with Gasteiger partial charge in [0.1, 0.15) is 0 Å². The molecule has 0 aliphatic carbocycles. The maximum Gasteiger partial charge on any atom is 0.230 e. The molecule has 6 heteroatoms. The Balaban J connectivity index is 1.41. The quantitative estimate of drug-likeness (QED) is 0.714. The van der Waals surface area contributed by atoms with Crippen molar-refractivity contribution in [3.05, 3.63) is 70.7 Å². The third-order valence-electron chi connectivity index (χ3n) is 3.25. The lowest BCUT2D eigenvalue weighted by molar-refractivity contribution is -0.118. The molecule has 0 saturated heterocycles. The van der Waals surface area contributed by atoms with Gasteiger partial charge in [-0.05, 0) is 35.2 Å². The minimum absolute atomic E-state index is 0.0801. The Morgan fingerprint density at radius 2 is 2.09 bits per heavy atom. The number of hydrogen-bond acceptors (Lipinski definition) is 4. The molecule has 2 heterocycles. The Kier molecular flexibility index (Phi) is 5.50. The van der Waals surface area contributed by atoms with Crippen LogP contribution in [0.3, 0.4) is 0 Å². The number of amides is 1. The van der Waals surface area contributed by atoms with E-state index in [9.17, 15) is 4.79 Å². The van der Waals surface area contributed by atoms with E-state index in [0.717, 1.165) is 11.4 Å². The predicted octanol–water partition coefficient (Wildman–Crippen LogP) is 3.48. The summed E-state index contributed by atoms with van der Waals surface area (Å²) in [4.78, 5) is 13.0. The third-order valence-corrected chi connectivity index (χ3v) is 5.13. The van der Waals surface area contributed by atoms with Crippen molar-refractivity contribution < 1.29 is 4.79 Å². The standard InChI is InChI=1S/C17H17N3OS2/c21-17(18-11-16-3-1-10-23-16)13-22-12-14-4-6-15(7-5-14)20-9-2-8-19-20/h1-10H,11-13H2,(H,18,21). The average Bonchev–Trinajstić information content (AvgIpc) is 3.27. The first-order chi connectivity index (χ1) is 11.3. The Morgan fingerprint density at radius 1 is 1.22 bits per heavy atom. The largest absolute Gasteiger partial charge is 0.350 e. The number of nitrogens with zero attached hydrogens (tertiary/aromatic N) is 2. The van der Waals surface area contributed by atoms with Crippen LogP contribution >= 0.6 is 23.1 Å². The van der Waals surface area contributed by atoms with Crippen molar-refractivity contribution in [1.82, 2.24) is 15.1 Å². The molecule has 1 N–H and O–H groups in total. The van der Waals surface area contributed by atoms with Crippen molar-refractivity contribution in [2.75, 3.05) is 5.75 Å². The van der Waals surface area contributed by atoms with E-state index in [4.69, 9.17) is 0 Å². The maximum absolute atomic E-state index is 11.8. The molecule has 0 aliphatic rings. The summed E-state index contributed by atoms with van der Waals surface area (Å²) in [6.45, 7) is 0.621. The van der Waals surface area contributed by atoms with Crippen molar-refractivity contribution in [3.8, 4) is 5.69 Å². The van der Waals surface area contributed by atoms with Gasteiger partial charge in [-0.15, -0.1) is 23.1 Å². The van der Waals surface area contributed by atoms with E-state index in [-0.39, 0.29) is 5.91 Å². The third kappa shape index (κ3) is 4.71. The van der Waals surface area contributed by atoms with Gasteiger partial charge >= 0.3 is 0 Å². The SMILES string of the molecule is O=C(CSCc1ccc(-n2cccn2)cc1)NCc1cccs1. The topological polar surface area (TPSA) is 46.9 Å². The molecule has 23 heavy (non-hydrogen) atoms. The minimum atomic E-state index is 0.0801. The number of rotatable bonds is 7. The van der Waals surface area contributed by atoms with Crippen molar-refractivity contribution in [1.29, 1.82) is 0 Å². The van der Waals surface area contributed by atoms with Crippen molar-refractivity contribution >= 4 is 29.0 Å². The Morgan fingerprint density at radius 3 is 2.78 bits per heavy atom. The molecule has 0 unspecified atom stereocenters. The first-order valence-corrected chi connectivity index (χ1v) is 9.30. The summed E-state index contributed by atoms with van der Waals surface area (Å²) in [5, 5.41) is 9.16. The molecule has 1 aromatic carbocycles. The number of aromatic nitrogens is 2. The second-order valence-electron chi connectivity index (χ2n) is 4.97. The molecular weight excluding hydrogens is 326 g/mol. The highest BCUT2D eigenvalue weighted by atomic mass is 32.2. The van der Waals surface area contributed by atoms with Crippen LogP contribution in [0.1, 0.15) is 10.4 Å². The van der Waals surface area contributed by atoms with E-state index in [1.807, 2.05) is 46.6 Å². The molecule has 4 nitrogen and oxygen atoms in total. The molecule has 1 amide bonds. The molecule has 0 radical (unpaired) electrons. The normalized spacial score (nSPS) is 10.6. The summed E-state index contributed by atoms with van der Waals surface area (Å²) in [7, 11) is 0. The summed E-state index contributed by atoms with van der Waals surface area (Å²) >= 11 is 3.28. The van der Waals surface area contributed by atoms with Crippen molar-refractivity contribution in [2.45, 2.75) is 12.3 Å². The zero-order valence-electron chi connectivity index (χ0n) is 12.5. The van der Waals surface area contributed by atoms with Gasteiger partial charge in [0.2, 0.25) is 5.91 Å². The maximum atomic E-state index is 11.8. The number of benzene rings is 1. The van der Waals surface area contributed by atoms with E-state index in [0.29, 0.717) is 12.3 Å². The molecule has 118 valence electrons. The second-order valence-corrected chi connectivity index (χ2v) is 6.98. The first kappa shape index (κ1) is 15.8. The fourth-order valence-corrected chi connectivity index (χ4v) is 3.54. The molecular formula is C17H17N3OS2. The van der Waals surface area contributed by atoms with Gasteiger partial charge < -0.3 is 5.32 Å². The van der Waals surface area contributed by atoms with Crippen molar-refractivity contribution in [2.24, 2.45) is 0 Å². The molecule has 0 atom stereocenters. The van der Waals surface area contributed by atoms with E-state index in [1.54, 1.807) is 29.3 Å². The van der Waals surface area contributed by atoms with Gasteiger partial charge in [0.05, 0.1) is 18.0 Å². The lowest BCUT2D eigenvalue weighted by atomic mass is 10.2. The van der Waals surface area contributed by atoms with Gasteiger partial charge in [0.15, 0.2) is 0 Å². The Bertz CT molecular complexity index is 722. The molecule has 0 saturated carbocycles. The van der Waals surface area contributed by atoms with E-state index >= 15 is 0 Å². The average molecular weight is 343 g/mol. The fourth-order valence-electron chi connectivity index (χ4n) is 2.08. The van der Waals surface area contributed by atoms with Gasteiger partial charge in [-0.1, -0.05) is 18.2 Å². The fraction of sp³-hybridized carbons (Fsp3) is 0.176. The van der Waals surface area contributed by atoms with Gasteiger partial charge in [0.25, 0.3) is 0 Å². The number of thiophene rings is 1. The first-order valence-electron chi connectivity index (χ1n) is 7.27. The predicted molar refractivity (Wildman–Crippen MR) is 95.9 cm³/mol. The minimum Gasteiger partial charge on any atom is -0.350 e. The number of carbonyl (C=O) groups is 1. The highest BCUT2D eigenvalue weighted by molar-refractivity contribution is 7.99. The van der Waals surface area contributed by atoms with Gasteiger partial charge in [-0.3, -0.25) is 4.79 Å². The number of hydrogen-bond donors (Lipinski definition) is 1. The van der Waals surface area contributed by atoms with Crippen molar-refractivity contribution in [3.63, 3.8) is 0 Å². The van der Waals surface area contributed by atoms with Crippen LogP contribution in [0.25, 0.3) is 5.69 Å². The number of nitrogens with one attached hydrogen (secondary N) is 1. The molecule has 0 spiro atoms. The summed E-state index contributed by atoms with van der Waals surface area (Å²) in [6, 6.07) is 14.2. The number of thioether (sulfide) groups is 1. The second kappa shape index (κ2) is 7.99. The molecule has 0 aliphatic heterocycles. The number of carbonyl (C=O) groups excluding carboxylic acids is 1. The smallest absolute Gasteiger partial charge is 0.230 e. The van der Waals surface area contributed by atoms with Crippen LogP contribution in [0, 0.1) is 0 Å². The van der Waals surface area contributed by atoms with Crippen LogP contribution in [0.4, 0.5) is 0 Å². The van der Waals surface area contributed by atoms with Crippen LogP contribution in [0.5, 0.6) is 0 Å². The monoisotopic (exact) mass is 343 g/mol. The summed E-state index contributed by atoms with van der Waals surface area (Å²) in [5.74, 6) is 1.38. The van der Waals surface area contributed by atoms with Gasteiger partial charge in [0, 0.05) is 23.0 Å². The van der Waals surface area contributed by atoms with Crippen LogP contribution < -0.4 is 5.32 Å². The van der Waals surface area contributed by atoms with Crippen LogP contribution in [0.15, 0.2) is 60.2 Å². The molecule has 2 aromatic heterocycles. The zero-order valence-corrected chi connectivity index (χ0v) is 14.1. The highest BCUT2D eigenvalue weighted by Crippen LogP contribution is 2.15. The van der Waals surface area contributed by atoms with Gasteiger partial charge in [-0.25, -0.2) is 4.68 Å². The lowest BCUT2D eigenvalue weighted by Crippen LogP contribution is -2.24. The highest BCUT2D eigenvalue weighted by Gasteiger charge is 2.03. The molecule has 3 rings (SSSR count). The van der Waals surface area contributed by atoms with E-state index in [1.165, 1.54) is 10.4 Å². The molecule has 3 aromatic rings. The van der Waals surface area contributed by atoms with Crippen LogP contribution in [0.2, 0.25) is 0 Å². The van der Waals surface area contributed by atoms with Crippen LogP contribution in [-0.4, -0.2) is 21.4 Å². The molecule has 0 bridgehead atoms. The summed E-state index contributed by atoms with van der Waals surface area (Å²) < 4.78 is 1.83. The van der Waals surface area contributed by atoms with E-state index < -0.39 is 0 Å². The Labute approximate surface area is 143 Å². The molecule has 0 fully saturated rings.